The molecule has 150 valence electrons. The first-order valence-corrected chi connectivity index (χ1v) is 8.64. The van der Waals surface area contributed by atoms with E-state index in [0.29, 0.717) is 19.4 Å². The van der Waals surface area contributed by atoms with Crippen molar-refractivity contribution >= 4 is 11.7 Å². The lowest BCUT2D eigenvalue weighted by atomic mass is 10.0. The van der Waals surface area contributed by atoms with Gasteiger partial charge in [0.2, 0.25) is 5.95 Å². The van der Waals surface area contributed by atoms with Gasteiger partial charge in [0.1, 0.15) is 6.61 Å². The summed E-state index contributed by atoms with van der Waals surface area (Å²) in [5, 5.41) is 2.49. The molecule has 0 aliphatic rings. The monoisotopic (exact) mass is 395 g/mol. The molecule has 1 heterocycles. The van der Waals surface area contributed by atoms with Crippen LogP contribution < -0.4 is 15.8 Å². The topological polar surface area (TPSA) is 94.3 Å². The summed E-state index contributed by atoms with van der Waals surface area (Å²) < 4.78 is 45.4. The number of amides is 1. The van der Waals surface area contributed by atoms with E-state index >= 15 is 0 Å². The van der Waals surface area contributed by atoms with Gasteiger partial charge in [-0.3, -0.25) is 9.59 Å². The third kappa shape index (κ3) is 6.05. The van der Waals surface area contributed by atoms with Crippen molar-refractivity contribution in [2.75, 3.05) is 13.2 Å². The van der Waals surface area contributed by atoms with Gasteiger partial charge in [0.05, 0.1) is 6.04 Å². The SMILES string of the molecule is NCCCC[C@H](NC(=O)c1ccnc(F)c1)C(=O)COc1c(F)cccc1F. The van der Waals surface area contributed by atoms with Gasteiger partial charge in [0.25, 0.3) is 5.91 Å². The number of ketones is 1. The van der Waals surface area contributed by atoms with E-state index < -0.39 is 47.7 Å². The third-order valence-electron chi connectivity index (χ3n) is 3.91. The Hall–Kier alpha value is -2.94. The number of para-hydroxylation sites is 1. The lowest BCUT2D eigenvalue weighted by molar-refractivity contribution is -0.123. The molecule has 6 nitrogen and oxygen atoms in total. The van der Waals surface area contributed by atoms with E-state index in [-0.39, 0.29) is 12.0 Å². The van der Waals surface area contributed by atoms with Crippen molar-refractivity contribution < 1.29 is 27.5 Å². The second-order valence-electron chi connectivity index (χ2n) is 5.98. The largest absolute Gasteiger partial charge is 0.480 e. The number of unbranched alkanes of at least 4 members (excludes halogenated alkanes) is 1. The van der Waals surface area contributed by atoms with Crippen LogP contribution >= 0.6 is 0 Å². The average molecular weight is 395 g/mol. The van der Waals surface area contributed by atoms with E-state index in [1.54, 1.807) is 0 Å². The molecule has 1 atom stereocenters. The molecule has 0 fully saturated rings. The summed E-state index contributed by atoms with van der Waals surface area (Å²) >= 11 is 0. The number of hydrogen-bond donors (Lipinski definition) is 2. The molecule has 2 aromatic rings. The Morgan fingerprint density at radius 3 is 2.50 bits per heavy atom. The van der Waals surface area contributed by atoms with Crippen molar-refractivity contribution in [3.05, 3.63) is 59.7 Å². The fourth-order valence-electron chi connectivity index (χ4n) is 2.46. The van der Waals surface area contributed by atoms with Crippen LogP contribution in [0.1, 0.15) is 29.6 Å². The molecular formula is C19H20F3N3O3. The van der Waals surface area contributed by atoms with Crippen LogP contribution in [0.5, 0.6) is 5.75 Å². The summed E-state index contributed by atoms with van der Waals surface area (Å²) in [6.07, 6.45) is 2.52. The maximum atomic E-state index is 13.6. The van der Waals surface area contributed by atoms with Gasteiger partial charge in [-0.25, -0.2) is 13.8 Å². The number of ether oxygens (including phenoxy) is 1. The Morgan fingerprint density at radius 2 is 1.86 bits per heavy atom. The minimum Gasteiger partial charge on any atom is -0.480 e. The first-order chi connectivity index (χ1) is 13.4. The van der Waals surface area contributed by atoms with Crippen molar-refractivity contribution in [2.24, 2.45) is 5.73 Å². The van der Waals surface area contributed by atoms with Crippen molar-refractivity contribution in [1.29, 1.82) is 0 Å². The zero-order valence-corrected chi connectivity index (χ0v) is 15.0. The van der Waals surface area contributed by atoms with Crippen molar-refractivity contribution in [3.63, 3.8) is 0 Å². The lowest BCUT2D eigenvalue weighted by Crippen LogP contribution is -2.43. The van der Waals surface area contributed by atoms with Crippen LogP contribution in [0.2, 0.25) is 0 Å². The molecule has 0 spiro atoms. The highest BCUT2D eigenvalue weighted by molar-refractivity contribution is 5.98. The maximum Gasteiger partial charge on any atom is 0.252 e. The molecule has 2 rings (SSSR count). The highest BCUT2D eigenvalue weighted by Gasteiger charge is 2.23. The van der Waals surface area contributed by atoms with E-state index in [1.165, 1.54) is 12.1 Å². The maximum absolute atomic E-state index is 13.6. The Bertz CT molecular complexity index is 813. The van der Waals surface area contributed by atoms with E-state index in [1.807, 2.05) is 0 Å². The van der Waals surface area contributed by atoms with Crippen LogP contribution in [0.3, 0.4) is 0 Å². The summed E-state index contributed by atoms with van der Waals surface area (Å²) in [7, 11) is 0. The second kappa shape index (κ2) is 10.4. The van der Waals surface area contributed by atoms with Crippen LogP contribution in [0.4, 0.5) is 13.2 Å². The summed E-state index contributed by atoms with van der Waals surface area (Å²) in [5.41, 5.74) is 5.43. The molecule has 0 saturated carbocycles. The second-order valence-corrected chi connectivity index (χ2v) is 5.98. The van der Waals surface area contributed by atoms with E-state index in [4.69, 9.17) is 10.5 Å². The number of nitrogens with two attached hydrogens (primary N) is 1. The molecule has 1 aromatic heterocycles. The van der Waals surface area contributed by atoms with Gasteiger partial charge < -0.3 is 15.8 Å². The van der Waals surface area contributed by atoms with Crippen molar-refractivity contribution in [2.45, 2.75) is 25.3 Å². The quantitative estimate of drug-likeness (QED) is 0.476. The highest BCUT2D eigenvalue weighted by atomic mass is 19.1. The minimum absolute atomic E-state index is 0.00908. The molecule has 9 heteroatoms. The van der Waals surface area contributed by atoms with Crippen LogP contribution in [-0.4, -0.2) is 35.9 Å². The zero-order valence-electron chi connectivity index (χ0n) is 15.0. The van der Waals surface area contributed by atoms with Crippen molar-refractivity contribution in [1.82, 2.24) is 10.3 Å². The standard InChI is InChI=1S/C19H20F3N3O3/c20-13-4-3-5-14(21)18(13)28-11-16(26)15(6-1-2-8-23)25-19(27)12-7-9-24-17(22)10-12/h3-5,7,9-10,15H,1-2,6,8,11,23H2,(H,25,27)/t15-/m0/s1. The number of carbonyl (C=O) groups is 2. The molecule has 1 amide bonds. The molecule has 3 N–H and O–H groups in total. The summed E-state index contributed by atoms with van der Waals surface area (Å²) in [5.74, 6) is -4.64. The fraction of sp³-hybridized carbons (Fsp3) is 0.316. The first kappa shape index (κ1) is 21.4. The fourth-order valence-corrected chi connectivity index (χ4v) is 2.46. The van der Waals surface area contributed by atoms with Gasteiger partial charge in [-0.2, -0.15) is 4.39 Å². The predicted molar refractivity (Wildman–Crippen MR) is 95.2 cm³/mol. The summed E-state index contributed by atoms with van der Waals surface area (Å²) in [6, 6.07) is 4.42. The number of carbonyl (C=O) groups excluding carboxylic acids is 2. The van der Waals surface area contributed by atoms with Crippen LogP contribution in [0, 0.1) is 17.6 Å². The number of halogens is 3. The van der Waals surface area contributed by atoms with Gasteiger partial charge >= 0.3 is 0 Å². The average Bonchev–Trinajstić information content (AvgIpc) is 2.66. The number of Topliss-reactive ketones (excluding diaryl/α,β-unsaturated/α-hetero) is 1. The summed E-state index contributed by atoms with van der Waals surface area (Å²) in [6.45, 7) is -0.239. The van der Waals surface area contributed by atoms with Gasteiger partial charge in [0.15, 0.2) is 23.2 Å². The molecular weight excluding hydrogens is 375 g/mol. The first-order valence-electron chi connectivity index (χ1n) is 8.64. The molecule has 0 bridgehead atoms. The van der Waals surface area contributed by atoms with Gasteiger partial charge in [-0.05, 0) is 44.0 Å². The highest BCUT2D eigenvalue weighted by Crippen LogP contribution is 2.21. The van der Waals surface area contributed by atoms with E-state index in [0.717, 1.165) is 24.4 Å². The van der Waals surface area contributed by atoms with E-state index in [2.05, 4.69) is 10.3 Å². The van der Waals surface area contributed by atoms with Crippen LogP contribution in [0.15, 0.2) is 36.5 Å². The number of hydrogen-bond acceptors (Lipinski definition) is 5. The van der Waals surface area contributed by atoms with Crippen LogP contribution in [0.25, 0.3) is 0 Å². The molecule has 1 aromatic carbocycles. The number of pyridine rings is 1. The molecule has 28 heavy (non-hydrogen) atoms. The normalized spacial score (nSPS) is 11.7. The van der Waals surface area contributed by atoms with Crippen molar-refractivity contribution in [3.8, 4) is 5.75 Å². The predicted octanol–water partition coefficient (Wildman–Crippen LogP) is 2.37. The molecule has 0 saturated heterocycles. The Morgan fingerprint density at radius 1 is 1.14 bits per heavy atom. The number of nitrogens with one attached hydrogen (secondary N) is 1. The molecule has 0 radical (unpaired) electrons. The molecule has 0 aliphatic carbocycles. The number of nitrogens with zero attached hydrogens (tertiary/aromatic N) is 1. The number of aromatic nitrogens is 1. The number of rotatable bonds is 10. The lowest BCUT2D eigenvalue weighted by Gasteiger charge is -2.18. The van der Waals surface area contributed by atoms with E-state index in [9.17, 15) is 22.8 Å². The van der Waals surface area contributed by atoms with Crippen LogP contribution in [-0.2, 0) is 4.79 Å². The Kier molecular flexibility index (Phi) is 7.94. The zero-order chi connectivity index (χ0) is 20.5. The molecule has 0 unspecified atom stereocenters. The number of benzene rings is 1. The smallest absolute Gasteiger partial charge is 0.252 e. The van der Waals surface area contributed by atoms with Gasteiger partial charge in [0, 0.05) is 17.8 Å². The van der Waals surface area contributed by atoms with Gasteiger partial charge in [-0.1, -0.05) is 6.07 Å². The minimum atomic E-state index is -0.981. The molecule has 0 aliphatic heterocycles. The Balaban J connectivity index is 2.06. The Labute approximate surface area is 159 Å². The third-order valence-corrected chi connectivity index (χ3v) is 3.91. The summed E-state index contributed by atoms with van der Waals surface area (Å²) in [4.78, 5) is 28.1. The van der Waals surface area contributed by atoms with Gasteiger partial charge in [-0.15, -0.1) is 0 Å².